The molecule has 3 N–H and O–H groups in total. The van der Waals surface area contributed by atoms with Gasteiger partial charge in [-0.05, 0) is 37.5 Å². The second kappa shape index (κ2) is 9.93. The van der Waals surface area contributed by atoms with Crippen molar-refractivity contribution < 1.29 is 14.3 Å². The average Bonchev–Trinajstić information content (AvgIpc) is 2.59. The van der Waals surface area contributed by atoms with Crippen LogP contribution in [0.5, 0.6) is 0 Å². The van der Waals surface area contributed by atoms with E-state index in [1.165, 1.54) is 19.3 Å². The molecule has 1 aromatic carbocycles. The van der Waals surface area contributed by atoms with Gasteiger partial charge in [-0.2, -0.15) is 0 Å². The molecule has 0 radical (unpaired) electrons. The van der Waals surface area contributed by atoms with E-state index < -0.39 is 0 Å². The second-order valence-corrected chi connectivity index (χ2v) is 6.12. The van der Waals surface area contributed by atoms with Gasteiger partial charge in [0.15, 0.2) is 0 Å². The van der Waals surface area contributed by atoms with Gasteiger partial charge < -0.3 is 20.7 Å². The van der Waals surface area contributed by atoms with Crippen LogP contribution in [0.4, 0.5) is 10.5 Å². The Morgan fingerprint density at radius 1 is 1.21 bits per heavy atom. The molecule has 132 valence electrons. The highest BCUT2D eigenvalue weighted by molar-refractivity contribution is 5.96. The number of rotatable bonds is 7. The first-order chi connectivity index (χ1) is 11.7. The predicted octanol–water partition coefficient (Wildman–Crippen LogP) is 2.91. The van der Waals surface area contributed by atoms with Gasteiger partial charge in [-0.3, -0.25) is 4.79 Å². The summed E-state index contributed by atoms with van der Waals surface area (Å²) >= 11 is 0. The fourth-order valence-corrected chi connectivity index (χ4v) is 2.86. The van der Waals surface area contributed by atoms with Gasteiger partial charge in [0.2, 0.25) is 0 Å². The van der Waals surface area contributed by atoms with E-state index >= 15 is 0 Å². The number of benzene rings is 1. The molecular weight excluding hydrogens is 306 g/mol. The highest BCUT2D eigenvalue weighted by Gasteiger charge is 2.15. The normalized spacial score (nSPS) is 14.9. The number of urea groups is 1. The number of anilines is 1. The lowest BCUT2D eigenvalue weighted by Crippen LogP contribution is -2.39. The van der Waals surface area contributed by atoms with E-state index in [9.17, 15) is 9.59 Å². The number of amides is 3. The van der Waals surface area contributed by atoms with Crippen molar-refractivity contribution in [3.63, 3.8) is 0 Å². The highest BCUT2D eigenvalue weighted by atomic mass is 16.5. The molecule has 0 bridgehead atoms. The van der Waals surface area contributed by atoms with Gasteiger partial charge in [0, 0.05) is 37.6 Å². The van der Waals surface area contributed by atoms with Crippen LogP contribution >= 0.6 is 0 Å². The van der Waals surface area contributed by atoms with Crippen LogP contribution in [-0.4, -0.2) is 38.2 Å². The summed E-state index contributed by atoms with van der Waals surface area (Å²) < 4.78 is 4.95. The Balaban J connectivity index is 1.82. The fraction of sp³-hybridized carbons (Fsp3) is 0.556. The molecule has 6 nitrogen and oxygen atoms in total. The first-order valence-electron chi connectivity index (χ1n) is 8.64. The fourth-order valence-electron chi connectivity index (χ4n) is 2.86. The van der Waals surface area contributed by atoms with Gasteiger partial charge in [0.05, 0.1) is 0 Å². The SMILES string of the molecule is COCCCNC(=O)c1cccc(NC(=O)NC2CCCCC2)c1. The van der Waals surface area contributed by atoms with Crippen molar-refractivity contribution in [3.05, 3.63) is 29.8 Å². The van der Waals surface area contributed by atoms with E-state index in [4.69, 9.17) is 4.74 Å². The zero-order chi connectivity index (χ0) is 17.2. The Morgan fingerprint density at radius 3 is 2.75 bits per heavy atom. The van der Waals surface area contributed by atoms with Crippen molar-refractivity contribution in [3.8, 4) is 0 Å². The average molecular weight is 333 g/mol. The number of carbonyl (C=O) groups is 2. The third-order valence-corrected chi connectivity index (χ3v) is 4.13. The minimum Gasteiger partial charge on any atom is -0.385 e. The Labute approximate surface area is 143 Å². The van der Waals surface area contributed by atoms with Crippen LogP contribution in [0.3, 0.4) is 0 Å². The number of hydrogen-bond acceptors (Lipinski definition) is 3. The number of nitrogens with one attached hydrogen (secondary N) is 3. The van der Waals surface area contributed by atoms with Crippen LogP contribution in [0.2, 0.25) is 0 Å². The van der Waals surface area contributed by atoms with Gasteiger partial charge in [-0.15, -0.1) is 0 Å². The Hall–Kier alpha value is -2.08. The second-order valence-electron chi connectivity index (χ2n) is 6.12. The minimum absolute atomic E-state index is 0.151. The van der Waals surface area contributed by atoms with E-state index in [0.717, 1.165) is 19.3 Å². The molecule has 24 heavy (non-hydrogen) atoms. The number of hydrogen-bond donors (Lipinski definition) is 3. The molecule has 2 rings (SSSR count). The van der Waals surface area contributed by atoms with Gasteiger partial charge in [0.1, 0.15) is 0 Å². The monoisotopic (exact) mass is 333 g/mol. The van der Waals surface area contributed by atoms with Gasteiger partial charge in [-0.25, -0.2) is 4.79 Å². The van der Waals surface area contributed by atoms with Crippen molar-refractivity contribution in [1.82, 2.24) is 10.6 Å². The van der Waals surface area contributed by atoms with Gasteiger partial charge in [-0.1, -0.05) is 25.3 Å². The largest absolute Gasteiger partial charge is 0.385 e. The van der Waals surface area contributed by atoms with Crippen LogP contribution in [0.25, 0.3) is 0 Å². The molecule has 0 unspecified atom stereocenters. The molecule has 1 aliphatic rings. The van der Waals surface area contributed by atoms with Crippen molar-refractivity contribution >= 4 is 17.6 Å². The lowest BCUT2D eigenvalue weighted by Gasteiger charge is -2.22. The Morgan fingerprint density at radius 2 is 2.00 bits per heavy atom. The summed E-state index contributed by atoms with van der Waals surface area (Å²) in [5.41, 5.74) is 1.15. The van der Waals surface area contributed by atoms with Crippen LogP contribution in [-0.2, 0) is 4.74 Å². The van der Waals surface area contributed by atoms with E-state index in [2.05, 4.69) is 16.0 Å². The molecule has 0 aliphatic heterocycles. The first-order valence-corrected chi connectivity index (χ1v) is 8.64. The van der Waals surface area contributed by atoms with Crippen molar-refractivity contribution in [2.75, 3.05) is 25.6 Å². The van der Waals surface area contributed by atoms with Crippen LogP contribution < -0.4 is 16.0 Å². The third-order valence-electron chi connectivity index (χ3n) is 4.13. The van der Waals surface area contributed by atoms with Gasteiger partial charge in [0.25, 0.3) is 5.91 Å². The van der Waals surface area contributed by atoms with E-state index in [0.29, 0.717) is 24.4 Å². The molecule has 0 heterocycles. The maximum Gasteiger partial charge on any atom is 0.319 e. The van der Waals surface area contributed by atoms with Crippen molar-refractivity contribution in [1.29, 1.82) is 0 Å². The number of methoxy groups -OCH3 is 1. The number of ether oxygens (including phenoxy) is 1. The zero-order valence-corrected chi connectivity index (χ0v) is 14.3. The molecule has 1 fully saturated rings. The molecule has 0 saturated heterocycles. The van der Waals surface area contributed by atoms with E-state index in [1.807, 2.05) is 0 Å². The molecule has 3 amide bonds. The molecule has 1 aromatic rings. The lowest BCUT2D eigenvalue weighted by atomic mass is 9.96. The van der Waals surface area contributed by atoms with E-state index in [-0.39, 0.29) is 18.0 Å². The maximum absolute atomic E-state index is 12.1. The highest BCUT2D eigenvalue weighted by Crippen LogP contribution is 2.17. The smallest absolute Gasteiger partial charge is 0.319 e. The number of carbonyl (C=O) groups excluding carboxylic acids is 2. The predicted molar refractivity (Wildman–Crippen MR) is 94.3 cm³/mol. The summed E-state index contributed by atoms with van der Waals surface area (Å²) in [4.78, 5) is 24.2. The summed E-state index contributed by atoms with van der Waals surface area (Å²) in [6, 6.07) is 7.01. The van der Waals surface area contributed by atoms with E-state index in [1.54, 1.807) is 31.4 Å². The quantitative estimate of drug-likeness (QED) is 0.671. The minimum atomic E-state index is -0.209. The summed E-state index contributed by atoms with van der Waals surface area (Å²) in [6.45, 7) is 1.18. The molecule has 1 aliphatic carbocycles. The van der Waals surface area contributed by atoms with Crippen molar-refractivity contribution in [2.24, 2.45) is 0 Å². The molecular formula is C18H27N3O3. The van der Waals surface area contributed by atoms with Crippen LogP contribution in [0, 0.1) is 0 Å². The molecule has 6 heteroatoms. The van der Waals surface area contributed by atoms with Crippen molar-refractivity contribution in [2.45, 2.75) is 44.6 Å². The summed E-state index contributed by atoms with van der Waals surface area (Å²) in [7, 11) is 1.63. The topological polar surface area (TPSA) is 79.5 Å². The molecule has 1 saturated carbocycles. The lowest BCUT2D eigenvalue weighted by molar-refractivity contribution is 0.0948. The molecule has 0 spiro atoms. The Kier molecular flexibility index (Phi) is 7.55. The molecule has 0 aromatic heterocycles. The van der Waals surface area contributed by atoms with Gasteiger partial charge >= 0.3 is 6.03 Å². The standard InChI is InChI=1S/C18H27N3O3/c1-24-12-6-11-19-17(22)14-7-5-10-16(13-14)21-18(23)20-15-8-3-2-4-9-15/h5,7,10,13,15H,2-4,6,8-9,11-12H2,1H3,(H,19,22)(H2,20,21,23). The summed E-state index contributed by atoms with van der Waals surface area (Å²) in [5, 5.41) is 8.64. The summed E-state index contributed by atoms with van der Waals surface area (Å²) in [6.07, 6.45) is 6.44. The zero-order valence-electron chi connectivity index (χ0n) is 14.3. The maximum atomic E-state index is 12.1. The Bertz CT molecular complexity index is 542. The van der Waals surface area contributed by atoms with Crippen LogP contribution in [0.15, 0.2) is 24.3 Å². The van der Waals surface area contributed by atoms with Crippen LogP contribution in [0.1, 0.15) is 48.9 Å². The summed E-state index contributed by atoms with van der Waals surface area (Å²) in [5.74, 6) is -0.151. The third kappa shape index (κ3) is 6.20. The molecule has 0 atom stereocenters. The first kappa shape index (κ1) is 18.3.